The van der Waals surface area contributed by atoms with E-state index in [1.807, 2.05) is 0 Å². The van der Waals surface area contributed by atoms with E-state index >= 15 is 0 Å². The van der Waals surface area contributed by atoms with Crippen LogP contribution in [0.3, 0.4) is 0 Å². The number of hydrogen-bond donors (Lipinski definition) is 0. The van der Waals surface area contributed by atoms with Crippen LogP contribution in [-0.4, -0.2) is 35.0 Å². The fourth-order valence-electron chi connectivity index (χ4n) is 3.31. The molecule has 3 saturated heterocycles. The maximum atomic E-state index is 11.1. The monoisotopic (exact) mass is 198 g/mol. The minimum absolute atomic E-state index is 0.0231. The van der Waals surface area contributed by atoms with Gasteiger partial charge in [-0.3, -0.25) is 4.79 Å². The van der Waals surface area contributed by atoms with E-state index in [9.17, 15) is 4.79 Å². The maximum Gasteiger partial charge on any atom is 0.306 e. The smallest absolute Gasteiger partial charge is 0.306 e. The number of ether oxygens (including phenoxy) is 2. The second-order valence-electron chi connectivity index (χ2n) is 4.80. The van der Waals surface area contributed by atoms with Gasteiger partial charge in [0, 0.05) is 15.7 Å². The molecule has 13 heavy (non-hydrogen) atoms. The Balaban J connectivity index is 1.90. The van der Waals surface area contributed by atoms with E-state index in [0.717, 1.165) is 12.0 Å². The van der Waals surface area contributed by atoms with Crippen LogP contribution in [0.2, 0.25) is 5.54 Å². The Bertz CT molecular complexity index is 268. The number of cyclic esters (lactones) is 1. The molecule has 72 valence electrons. The zero-order valence-electron chi connectivity index (χ0n) is 7.79. The van der Waals surface area contributed by atoms with Gasteiger partial charge in [0.1, 0.15) is 6.61 Å². The summed E-state index contributed by atoms with van der Waals surface area (Å²) >= 11 is 0. The van der Waals surface area contributed by atoms with Gasteiger partial charge in [-0.2, -0.15) is 0 Å². The summed E-state index contributed by atoms with van der Waals surface area (Å²) in [5.74, 6) is -0.0231. The minimum atomic E-state index is -0.0231. The number of carbonyl (C=O) groups excluding carboxylic acids is 1. The van der Waals surface area contributed by atoms with Crippen molar-refractivity contribution in [3.05, 3.63) is 0 Å². The van der Waals surface area contributed by atoms with Gasteiger partial charge in [0.15, 0.2) is 0 Å². The molecule has 3 aliphatic heterocycles. The molecule has 0 aromatic carbocycles. The molecule has 4 heteroatoms. The van der Waals surface area contributed by atoms with Gasteiger partial charge in [0.2, 0.25) is 0 Å². The van der Waals surface area contributed by atoms with Crippen LogP contribution in [0.25, 0.3) is 0 Å². The number of fused-ring (bicyclic) bond motifs is 3. The van der Waals surface area contributed by atoms with Crippen LogP contribution in [0, 0.1) is 5.41 Å². The standard InChI is InChI=1S/C9H14O3Si/c10-7-3-9(4-11-7)2-5-1-6(13)8(9)12-5/h5-6,8H,1-4H2,13H3. The summed E-state index contributed by atoms with van der Waals surface area (Å²) in [6.07, 6.45) is 3.67. The van der Waals surface area contributed by atoms with E-state index in [0.29, 0.717) is 25.2 Å². The van der Waals surface area contributed by atoms with Crippen molar-refractivity contribution in [2.45, 2.75) is 37.0 Å². The van der Waals surface area contributed by atoms with Crippen molar-refractivity contribution in [3.8, 4) is 0 Å². The normalized spacial score (nSPS) is 53.5. The van der Waals surface area contributed by atoms with Crippen molar-refractivity contribution in [1.82, 2.24) is 0 Å². The zero-order valence-corrected chi connectivity index (χ0v) is 9.79. The van der Waals surface area contributed by atoms with E-state index in [4.69, 9.17) is 9.47 Å². The molecule has 2 bridgehead atoms. The summed E-state index contributed by atoms with van der Waals surface area (Å²) in [6.45, 7) is 0.617. The summed E-state index contributed by atoms with van der Waals surface area (Å²) in [5, 5.41) is 0. The molecule has 0 radical (unpaired) electrons. The summed E-state index contributed by atoms with van der Waals surface area (Å²) in [7, 11) is 1.19. The molecule has 0 N–H and O–H groups in total. The van der Waals surface area contributed by atoms with Gasteiger partial charge in [-0.05, 0) is 18.4 Å². The van der Waals surface area contributed by atoms with E-state index in [-0.39, 0.29) is 11.4 Å². The molecule has 0 aromatic heterocycles. The third-order valence-corrected chi connectivity index (χ3v) is 4.82. The highest BCUT2D eigenvalue weighted by Crippen LogP contribution is 2.55. The number of esters is 1. The summed E-state index contributed by atoms with van der Waals surface area (Å²) in [4.78, 5) is 11.1. The van der Waals surface area contributed by atoms with E-state index in [1.165, 1.54) is 16.7 Å². The second-order valence-corrected chi connectivity index (χ2v) is 6.28. The van der Waals surface area contributed by atoms with Crippen molar-refractivity contribution >= 4 is 16.2 Å². The first-order chi connectivity index (χ1) is 6.20. The first-order valence-electron chi connectivity index (χ1n) is 5.01. The average Bonchev–Trinajstić information content (AvgIpc) is 2.66. The molecule has 3 heterocycles. The fourth-order valence-corrected chi connectivity index (χ4v) is 4.70. The third-order valence-electron chi connectivity index (χ3n) is 3.75. The van der Waals surface area contributed by atoms with Gasteiger partial charge in [0.05, 0.1) is 18.6 Å². The molecule has 0 aliphatic carbocycles. The zero-order chi connectivity index (χ0) is 9.05. The topological polar surface area (TPSA) is 35.5 Å². The van der Waals surface area contributed by atoms with Gasteiger partial charge in [-0.25, -0.2) is 0 Å². The van der Waals surface area contributed by atoms with Crippen LogP contribution in [0.4, 0.5) is 0 Å². The van der Waals surface area contributed by atoms with Crippen LogP contribution in [0.1, 0.15) is 19.3 Å². The molecule has 0 aromatic rings. The molecule has 0 amide bonds. The van der Waals surface area contributed by atoms with Gasteiger partial charge < -0.3 is 9.47 Å². The molecule has 4 unspecified atom stereocenters. The van der Waals surface area contributed by atoms with Gasteiger partial charge >= 0.3 is 5.97 Å². The summed E-state index contributed by atoms with van der Waals surface area (Å²) in [6, 6.07) is 0. The molecule has 1 spiro atoms. The lowest BCUT2D eigenvalue weighted by molar-refractivity contribution is -0.137. The Kier molecular flexibility index (Phi) is 1.45. The molecular weight excluding hydrogens is 184 g/mol. The van der Waals surface area contributed by atoms with Crippen molar-refractivity contribution < 1.29 is 14.3 Å². The van der Waals surface area contributed by atoms with Crippen LogP contribution in [0.5, 0.6) is 0 Å². The highest BCUT2D eigenvalue weighted by Gasteiger charge is 2.59. The van der Waals surface area contributed by atoms with E-state index < -0.39 is 0 Å². The number of rotatable bonds is 0. The summed E-state index contributed by atoms with van der Waals surface area (Å²) in [5.41, 5.74) is 0.833. The fraction of sp³-hybridized carbons (Fsp3) is 0.889. The Morgan fingerprint density at radius 3 is 2.92 bits per heavy atom. The van der Waals surface area contributed by atoms with E-state index in [1.54, 1.807) is 0 Å². The molecule has 3 rings (SSSR count). The van der Waals surface area contributed by atoms with Crippen molar-refractivity contribution in [3.63, 3.8) is 0 Å². The lowest BCUT2D eigenvalue weighted by atomic mass is 9.73. The second kappa shape index (κ2) is 2.36. The predicted molar refractivity (Wildman–Crippen MR) is 49.6 cm³/mol. The van der Waals surface area contributed by atoms with Crippen molar-refractivity contribution in [1.29, 1.82) is 0 Å². The Labute approximate surface area is 80.2 Å². The Morgan fingerprint density at radius 1 is 1.54 bits per heavy atom. The third kappa shape index (κ3) is 0.957. The van der Waals surface area contributed by atoms with Crippen molar-refractivity contribution in [2.75, 3.05) is 6.61 Å². The SMILES string of the molecule is O=C1CC2(CO1)CC1CC([SiH3])C2O1. The molecule has 3 aliphatic rings. The average molecular weight is 198 g/mol. The first-order valence-corrected chi connectivity index (χ1v) is 6.16. The van der Waals surface area contributed by atoms with Gasteiger partial charge in [-0.1, -0.05) is 0 Å². The van der Waals surface area contributed by atoms with Crippen LogP contribution >= 0.6 is 0 Å². The summed E-state index contributed by atoms with van der Waals surface area (Å²) < 4.78 is 11.0. The quantitative estimate of drug-likeness (QED) is 0.394. The largest absolute Gasteiger partial charge is 0.465 e. The first kappa shape index (κ1) is 8.00. The van der Waals surface area contributed by atoms with Crippen LogP contribution < -0.4 is 0 Å². The van der Waals surface area contributed by atoms with E-state index in [2.05, 4.69) is 0 Å². The maximum absolute atomic E-state index is 11.1. The predicted octanol–water partition coefficient (Wildman–Crippen LogP) is -0.365. The molecule has 3 nitrogen and oxygen atoms in total. The lowest BCUT2D eigenvalue weighted by Gasteiger charge is -2.31. The van der Waals surface area contributed by atoms with Crippen molar-refractivity contribution in [2.24, 2.45) is 5.41 Å². The molecule has 4 atom stereocenters. The van der Waals surface area contributed by atoms with Crippen LogP contribution in [-0.2, 0) is 14.3 Å². The highest BCUT2D eigenvalue weighted by atomic mass is 28.1. The minimum Gasteiger partial charge on any atom is -0.465 e. The number of hydrogen-bond acceptors (Lipinski definition) is 3. The molecule has 3 fully saturated rings. The van der Waals surface area contributed by atoms with Crippen LogP contribution in [0.15, 0.2) is 0 Å². The number of carbonyl (C=O) groups is 1. The Hall–Kier alpha value is -0.353. The van der Waals surface area contributed by atoms with Gasteiger partial charge in [0.25, 0.3) is 0 Å². The molecule has 0 saturated carbocycles. The highest BCUT2D eigenvalue weighted by molar-refractivity contribution is 6.12. The Morgan fingerprint density at radius 2 is 2.38 bits per heavy atom. The molecular formula is C9H14O3Si. The van der Waals surface area contributed by atoms with Gasteiger partial charge in [-0.15, -0.1) is 0 Å². The lowest BCUT2D eigenvalue weighted by Crippen LogP contribution is -2.36.